The molecule has 1 aromatic carbocycles. The second-order valence-electron chi connectivity index (χ2n) is 1.70. The van der Waals surface area contributed by atoms with Crippen LogP contribution in [0, 0.1) is 0 Å². The molecule has 0 radical (unpaired) electrons. The number of hydrogen-bond acceptors (Lipinski definition) is 0. The van der Waals surface area contributed by atoms with E-state index >= 15 is 0 Å². The Labute approximate surface area is 128 Å². The molecule has 0 aliphatic heterocycles. The zero-order valence-corrected chi connectivity index (χ0v) is 14.2. The molecule has 0 aliphatic carbocycles. The zero-order chi connectivity index (χ0) is 7.82. The van der Waals surface area contributed by atoms with Crippen LogP contribution in [-0.4, -0.2) is 7.05 Å². The van der Waals surface area contributed by atoms with Crippen molar-refractivity contribution in [3.8, 4) is 0 Å². The maximum Gasteiger partial charge on any atom is 1.00 e. The maximum absolute atomic E-state index is 2.08. The SMILES string of the molecule is CC.C[NH2+]c1ccccc1.[Cs+]. The quantitative estimate of drug-likeness (QED) is 0.601. The first-order valence-corrected chi connectivity index (χ1v) is 3.78. The van der Waals surface area contributed by atoms with E-state index in [1.165, 1.54) is 5.69 Å². The summed E-state index contributed by atoms with van der Waals surface area (Å²) in [7, 11) is 2.04. The Morgan fingerprint density at radius 3 is 1.73 bits per heavy atom. The van der Waals surface area contributed by atoms with Crippen LogP contribution in [0.1, 0.15) is 13.8 Å². The summed E-state index contributed by atoms with van der Waals surface area (Å²) in [5.74, 6) is 0. The summed E-state index contributed by atoms with van der Waals surface area (Å²) in [6.07, 6.45) is 0. The van der Waals surface area contributed by atoms with Gasteiger partial charge in [0.05, 0.1) is 7.05 Å². The molecule has 0 heterocycles. The topological polar surface area (TPSA) is 16.6 Å². The van der Waals surface area contributed by atoms with Crippen LogP contribution in [0.4, 0.5) is 5.69 Å². The largest absolute Gasteiger partial charge is 1.00 e. The van der Waals surface area contributed by atoms with Crippen LogP contribution in [0.3, 0.4) is 0 Å². The van der Waals surface area contributed by atoms with Crippen molar-refractivity contribution in [2.45, 2.75) is 13.8 Å². The van der Waals surface area contributed by atoms with Crippen molar-refractivity contribution in [1.82, 2.24) is 0 Å². The van der Waals surface area contributed by atoms with Gasteiger partial charge < -0.3 is 5.32 Å². The molecule has 0 saturated carbocycles. The summed E-state index contributed by atoms with van der Waals surface area (Å²) in [5, 5.41) is 2.08. The van der Waals surface area contributed by atoms with Gasteiger partial charge in [0.25, 0.3) is 0 Å². The number of quaternary nitrogens is 1. The second-order valence-corrected chi connectivity index (χ2v) is 1.70. The van der Waals surface area contributed by atoms with Crippen LogP contribution in [0.2, 0.25) is 0 Å². The summed E-state index contributed by atoms with van der Waals surface area (Å²) in [4.78, 5) is 0. The van der Waals surface area contributed by atoms with E-state index in [-0.39, 0.29) is 68.9 Å². The molecule has 0 aliphatic rings. The molecule has 2 heteroatoms. The van der Waals surface area contributed by atoms with Crippen molar-refractivity contribution in [2.24, 2.45) is 0 Å². The standard InChI is InChI=1S/C7H9N.C2H6.Cs/c1-8-7-5-3-2-4-6-7;1-2;/h2-6,8H,1H3;1-2H3;/q;;+1/p+1. The normalized spacial score (nSPS) is 7.18. The second kappa shape index (κ2) is 11.2. The third-order valence-corrected chi connectivity index (χ3v) is 1.13. The van der Waals surface area contributed by atoms with Gasteiger partial charge in [-0.25, -0.2) is 0 Å². The average Bonchev–Trinajstić information content (AvgIpc) is 2.10. The molecule has 1 aromatic rings. The molecule has 0 aromatic heterocycles. The van der Waals surface area contributed by atoms with Gasteiger partial charge in [0.15, 0.2) is 0 Å². The van der Waals surface area contributed by atoms with E-state index in [0.29, 0.717) is 0 Å². The van der Waals surface area contributed by atoms with Gasteiger partial charge in [-0.15, -0.1) is 0 Å². The van der Waals surface area contributed by atoms with E-state index < -0.39 is 0 Å². The van der Waals surface area contributed by atoms with Gasteiger partial charge in [0.1, 0.15) is 5.69 Å². The van der Waals surface area contributed by atoms with Crippen LogP contribution in [0.15, 0.2) is 30.3 Å². The first-order chi connectivity index (χ1) is 4.93. The summed E-state index contributed by atoms with van der Waals surface area (Å²) >= 11 is 0. The molecule has 0 spiro atoms. The van der Waals surface area contributed by atoms with Gasteiger partial charge in [0, 0.05) is 0 Å². The molecule has 0 amide bonds. The van der Waals surface area contributed by atoms with Gasteiger partial charge in [-0.2, -0.15) is 0 Å². The fourth-order valence-corrected chi connectivity index (χ4v) is 0.645. The van der Waals surface area contributed by atoms with Crippen molar-refractivity contribution < 1.29 is 74.2 Å². The van der Waals surface area contributed by atoms with Crippen molar-refractivity contribution >= 4 is 5.69 Å². The summed E-state index contributed by atoms with van der Waals surface area (Å²) in [5.41, 5.74) is 1.28. The van der Waals surface area contributed by atoms with E-state index in [2.05, 4.69) is 17.4 Å². The number of nitrogens with two attached hydrogens (primary N) is 1. The minimum atomic E-state index is 0. The number of rotatable bonds is 1. The van der Waals surface area contributed by atoms with Crippen LogP contribution >= 0.6 is 0 Å². The van der Waals surface area contributed by atoms with Gasteiger partial charge >= 0.3 is 68.9 Å². The van der Waals surface area contributed by atoms with Crippen molar-refractivity contribution in [1.29, 1.82) is 0 Å². The predicted molar refractivity (Wildman–Crippen MR) is 45.3 cm³/mol. The number of hydrogen-bond donors (Lipinski definition) is 1. The minimum Gasteiger partial charge on any atom is -0.316 e. The Hall–Kier alpha value is 1.23. The van der Waals surface area contributed by atoms with Crippen LogP contribution < -0.4 is 74.2 Å². The van der Waals surface area contributed by atoms with Gasteiger partial charge in [0.2, 0.25) is 0 Å². The molecule has 0 fully saturated rings. The molecule has 0 unspecified atom stereocenters. The molecule has 0 atom stereocenters. The monoisotopic (exact) mass is 271 g/mol. The molecule has 0 bridgehead atoms. The Bertz CT molecular complexity index is 151. The molecular formula is C9H16CsN+2. The molecule has 0 saturated heterocycles. The van der Waals surface area contributed by atoms with E-state index in [4.69, 9.17) is 0 Å². The molecule has 2 N–H and O–H groups in total. The van der Waals surface area contributed by atoms with E-state index in [0.717, 1.165) is 0 Å². The molecular weight excluding hydrogens is 255 g/mol. The summed E-state index contributed by atoms with van der Waals surface area (Å²) < 4.78 is 0. The van der Waals surface area contributed by atoms with Crippen molar-refractivity contribution in [2.75, 3.05) is 7.05 Å². The van der Waals surface area contributed by atoms with Gasteiger partial charge in [-0.1, -0.05) is 32.0 Å². The fraction of sp³-hybridized carbons (Fsp3) is 0.333. The van der Waals surface area contributed by atoms with Gasteiger partial charge in [-0.3, -0.25) is 0 Å². The molecule has 1 nitrogen and oxygen atoms in total. The minimum absolute atomic E-state index is 0. The Balaban J connectivity index is 0. The first-order valence-electron chi connectivity index (χ1n) is 3.78. The Morgan fingerprint density at radius 1 is 1.00 bits per heavy atom. The summed E-state index contributed by atoms with van der Waals surface area (Å²) in [6.45, 7) is 4.00. The maximum atomic E-state index is 2.08. The van der Waals surface area contributed by atoms with Crippen molar-refractivity contribution in [3.63, 3.8) is 0 Å². The Morgan fingerprint density at radius 2 is 1.45 bits per heavy atom. The first kappa shape index (κ1) is 14.7. The van der Waals surface area contributed by atoms with Crippen LogP contribution in [0.5, 0.6) is 0 Å². The zero-order valence-electron chi connectivity index (χ0n) is 7.96. The van der Waals surface area contributed by atoms with Crippen molar-refractivity contribution in [3.05, 3.63) is 30.3 Å². The van der Waals surface area contributed by atoms with Crippen LogP contribution in [-0.2, 0) is 0 Å². The van der Waals surface area contributed by atoms with Crippen LogP contribution in [0.25, 0.3) is 0 Å². The van der Waals surface area contributed by atoms with E-state index in [1.54, 1.807) is 0 Å². The third kappa shape index (κ3) is 7.59. The van der Waals surface area contributed by atoms with Gasteiger partial charge in [-0.05, 0) is 12.1 Å². The average molecular weight is 271 g/mol. The number of para-hydroxylation sites is 1. The molecule has 1 rings (SSSR count). The fourth-order valence-electron chi connectivity index (χ4n) is 0.645. The smallest absolute Gasteiger partial charge is 0.316 e. The predicted octanol–water partition coefficient (Wildman–Crippen LogP) is -1.46. The molecule has 56 valence electrons. The van der Waals surface area contributed by atoms with E-state index in [9.17, 15) is 0 Å². The Kier molecular flexibility index (Phi) is 15.1. The number of benzene rings is 1. The third-order valence-electron chi connectivity index (χ3n) is 1.13. The van der Waals surface area contributed by atoms with E-state index in [1.807, 2.05) is 39.1 Å². The molecule has 11 heavy (non-hydrogen) atoms. The summed E-state index contributed by atoms with van der Waals surface area (Å²) in [6, 6.07) is 10.3.